The highest BCUT2D eigenvalue weighted by Crippen LogP contribution is 2.37. The third-order valence-electron chi connectivity index (χ3n) is 4.83. The number of rotatable bonds is 10. The normalized spacial score (nSPS) is 12.7. The van der Waals surface area contributed by atoms with Crippen LogP contribution < -0.4 is 9.47 Å². The minimum atomic E-state index is -0.843. The molecule has 2 aromatic carbocycles. The van der Waals surface area contributed by atoms with Crippen LogP contribution in [0.4, 0.5) is 0 Å². The van der Waals surface area contributed by atoms with Crippen molar-refractivity contribution in [1.82, 2.24) is 0 Å². The predicted octanol–water partition coefficient (Wildman–Crippen LogP) is 4.91. The van der Waals surface area contributed by atoms with Gasteiger partial charge in [-0.25, -0.2) is 0 Å². The quantitative estimate of drug-likeness (QED) is 0.591. The Bertz CT molecular complexity index is 856. The van der Waals surface area contributed by atoms with Crippen molar-refractivity contribution in [2.45, 2.75) is 45.4 Å². The molecule has 0 amide bonds. The number of aryl methyl sites for hydroxylation is 1. The molecule has 1 aliphatic carbocycles. The lowest BCUT2D eigenvalue weighted by molar-refractivity contribution is -0.137. The first kappa shape index (κ1) is 19.9. The van der Waals surface area contributed by atoms with E-state index in [2.05, 4.69) is 6.92 Å². The molecule has 1 N–H and O–H groups in total. The van der Waals surface area contributed by atoms with Gasteiger partial charge in [0.05, 0.1) is 13.2 Å². The molecule has 5 heteroatoms. The standard InChI is InChI=1S/C23H26O5/c1-2-3-11-27-18-7-4-6-16(13-18)20-14-17-9-10-21(24)19(17)15-22(20)28-12-5-8-23(25)26/h4,6-7,13-15H,2-3,5,8-12H2,1H3,(H,25,26). The summed E-state index contributed by atoms with van der Waals surface area (Å²) in [6.45, 7) is 3.09. The Labute approximate surface area is 165 Å². The van der Waals surface area contributed by atoms with Gasteiger partial charge in [-0.15, -0.1) is 0 Å². The molecule has 3 rings (SSSR count). The van der Waals surface area contributed by atoms with Gasteiger partial charge in [-0.2, -0.15) is 0 Å². The van der Waals surface area contributed by atoms with Crippen molar-refractivity contribution in [3.8, 4) is 22.6 Å². The topological polar surface area (TPSA) is 72.8 Å². The molecule has 0 unspecified atom stereocenters. The highest BCUT2D eigenvalue weighted by atomic mass is 16.5. The van der Waals surface area contributed by atoms with Crippen LogP contribution >= 0.6 is 0 Å². The van der Waals surface area contributed by atoms with Crippen LogP contribution in [0.5, 0.6) is 11.5 Å². The fourth-order valence-electron chi connectivity index (χ4n) is 3.31. The van der Waals surface area contributed by atoms with E-state index in [0.717, 1.165) is 41.7 Å². The van der Waals surface area contributed by atoms with Gasteiger partial charge in [0.2, 0.25) is 0 Å². The fraction of sp³-hybridized carbons (Fsp3) is 0.391. The van der Waals surface area contributed by atoms with E-state index in [1.165, 1.54) is 0 Å². The Morgan fingerprint density at radius 1 is 1.04 bits per heavy atom. The lowest BCUT2D eigenvalue weighted by atomic mass is 9.99. The van der Waals surface area contributed by atoms with Gasteiger partial charge in [0.1, 0.15) is 11.5 Å². The first-order chi connectivity index (χ1) is 13.6. The summed E-state index contributed by atoms with van der Waals surface area (Å²) < 4.78 is 11.7. The van der Waals surface area contributed by atoms with Crippen molar-refractivity contribution in [2.24, 2.45) is 0 Å². The molecule has 0 aliphatic heterocycles. The van der Waals surface area contributed by atoms with Crippen LogP contribution in [0, 0.1) is 0 Å². The van der Waals surface area contributed by atoms with Crippen LogP contribution in [-0.4, -0.2) is 30.1 Å². The fourth-order valence-corrected chi connectivity index (χ4v) is 3.31. The number of ether oxygens (including phenoxy) is 2. The number of unbranched alkanes of at least 4 members (excludes halogenated alkanes) is 1. The average Bonchev–Trinajstić information content (AvgIpc) is 3.05. The van der Waals surface area contributed by atoms with E-state index in [9.17, 15) is 9.59 Å². The van der Waals surface area contributed by atoms with Crippen molar-refractivity contribution in [2.75, 3.05) is 13.2 Å². The molecule has 2 aromatic rings. The SMILES string of the molecule is CCCCOc1cccc(-c2cc3c(cc2OCCCC(=O)O)C(=O)CC3)c1. The smallest absolute Gasteiger partial charge is 0.303 e. The van der Waals surface area contributed by atoms with E-state index < -0.39 is 5.97 Å². The van der Waals surface area contributed by atoms with E-state index in [1.54, 1.807) is 0 Å². The molecule has 0 spiro atoms. The Balaban J connectivity index is 1.87. The molecule has 0 heterocycles. The molecule has 1 aliphatic rings. The van der Waals surface area contributed by atoms with Gasteiger partial charge in [-0.3, -0.25) is 9.59 Å². The maximum Gasteiger partial charge on any atom is 0.303 e. The first-order valence-electron chi connectivity index (χ1n) is 9.86. The number of benzene rings is 2. The van der Waals surface area contributed by atoms with E-state index >= 15 is 0 Å². The van der Waals surface area contributed by atoms with Crippen LogP contribution in [0.2, 0.25) is 0 Å². The van der Waals surface area contributed by atoms with Gasteiger partial charge in [0, 0.05) is 24.0 Å². The number of aliphatic carboxylic acids is 1. The van der Waals surface area contributed by atoms with Crippen molar-refractivity contribution in [1.29, 1.82) is 0 Å². The summed E-state index contributed by atoms with van der Waals surface area (Å²) in [5.41, 5.74) is 3.62. The highest BCUT2D eigenvalue weighted by Gasteiger charge is 2.23. The number of Topliss-reactive ketones (excluding diaryl/α,β-unsaturated/α-hetero) is 1. The Morgan fingerprint density at radius 3 is 2.64 bits per heavy atom. The van der Waals surface area contributed by atoms with Gasteiger partial charge in [-0.1, -0.05) is 25.5 Å². The molecule has 0 atom stereocenters. The summed E-state index contributed by atoms with van der Waals surface area (Å²) in [5, 5.41) is 8.81. The number of carbonyl (C=O) groups is 2. The zero-order valence-electron chi connectivity index (χ0n) is 16.2. The predicted molar refractivity (Wildman–Crippen MR) is 107 cm³/mol. The van der Waals surface area contributed by atoms with Gasteiger partial charge >= 0.3 is 5.97 Å². The molecule has 0 bridgehead atoms. The molecular formula is C23H26O5. The van der Waals surface area contributed by atoms with Crippen LogP contribution in [0.25, 0.3) is 11.1 Å². The molecule has 0 radical (unpaired) electrons. The number of fused-ring (bicyclic) bond motifs is 1. The van der Waals surface area contributed by atoms with Gasteiger partial charge in [0.25, 0.3) is 0 Å². The van der Waals surface area contributed by atoms with Crippen molar-refractivity contribution >= 4 is 11.8 Å². The average molecular weight is 382 g/mol. The second kappa shape index (κ2) is 9.40. The number of hydrogen-bond donors (Lipinski definition) is 1. The lowest BCUT2D eigenvalue weighted by Crippen LogP contribution is -2.04. The Morgan fingerprint density at radius 2 is 1.86 bits per heavy atom. The zero-order valence-corrected chi connectivity index (χ0v) is 16.2. The number of ketones is 1. The summed E-state index contributed by atoms with van der Waals surface area (Å²) in [6, 6.07) is 11.7. The molecule has 148 valence electrons. The summed E-state index contributed by atoms with van der Waals surface area (Å²) in [4.78, 5) is 22.9. The Hall–Kier alpha value is -2.82. The minimum absolute atomic E-state index is 0.0555. The number of carbonyl (C=O) groups excluding carboxylic acids is 1. The van der Waals surface area contributed by atoms with Gasteiger partial charge < -0.3 is 14.6 Å². The molecule has 28 heavy (non-hydrogen) atoms. The monoisotopic (exact) mass is 382 g/mol. The summed E-state index contributed by atoms with van der Waals surface area (Å²) >= 11 is 0. The van der Waals surface area contributed by atoms with Crippen LogP contribution in [0.3, 0.4) is 0 Å². The number of carboxylic acid groups (broad SMARTS) is 1. The van der Waals surface area contributed by atoms with Crippen LogP contribution in [-0.2, 0) is 11.2 Å². The van der Waals surface area contributed by atoms with E-state index in [-0.39, 0.29) is 12.2 Å². The second-order valence-electron chi connectivity index (χ2n) is 7.00. The molecular weight excluding hydrogens is 356 g/mol. The van der Waals surface area contributed by atoms with Gasteiger partial charge in [-0.05, 0) is 54.7 Å². The van der Waals surface area contributed by atoms with Crippen LogP contribution in [0.15, 0.2) is 36.4 Å². The van der Waals surface area contributed by atoms with Crippen molar-refractivity contribution in [3.63, 3.8) is 0 Å². The highest BCUT2D eigenvalue weighted by molar-refractivity contribution is 6.01. The van der Waals surface area contributed by atoms with E-state index in [4.69, 9.17) is 14.6 Å². The zero-order chi connectivity index (χ0) is 19.9. The maximum atomic E-state index is 12.1. The van der Waals surface area contributed by atoms with Crippen molar-refractivity contribution in [3.05, 3.63) is 47.5 Å². The molecule has 0 saturated carbocycles. The minimum Gasteiger partial charge on any atom is -0.494 e. The summed E-state index contributed by atoms with van der Waals surface area (Å²) in [7, 11) is 0. The molecule has 0 saturated heterocycles. The molecule has 5 nitrogen and oxygen atoms in total. The molecule has 0 fully saturated rings. The summed E-state index contributed by atoms with van der Waals surface area (Å²) in [6.07, 6.45) is 3.82. The number of carboxylic acids is 1. The molecule has 0 aromatic heterocycles. The van der Waals surface area contributed by atoms with E-state index in [0.29, 0.717) is 37.4 Å². The number of hydrogen-bond acceptors (Lipinski definition) is 4. The lowest BCUT2D eigenvalue weighted by Gasteiger charge is -2.15. The third kappa shape index (κ3) is 4.91. The van der Waals surface area contributed by atoms with Gasteiger partial charge in [0.15, 0.2) is 5.78 Å². The summed E-state index contributed by atoms with van der Waals surface area (Å²) in [5.74, 6) is 0.711. The second-order valence-corrected chi connectivity index (χ2v) is 7.00. The third-order valence-corrected chi connectivity index (χ3v) is 4.83. The maximum absolute atomic E-state index is 12.1. The van der Waals surface area contributed by atoms with Crippen LogP contribution in [0.1, 0.15) is 54.9 Å². The van der Waals surface area contributed by atoms with E-state index in [1.807, 2.05) is 36.4 Å². The first-order valence-corrected chi connectivity index (χ1v) is 9.86. The largest absolute Gasteiger partial charge is 0.494 e. The van der Waals surface area contributed by atoms with Crippen molar-refractivity contribution < 1.29 is 24.2 Å². The Kier molecular flexibility index (Phi) is 6.69.